The fourth-order valence-corrected chi connectivity index (χ4v) is 4.95. The van der Waals surface area contributed by atoms with E-state index < -0.39 is 10.0 Å². The fraction of sp³-hybridized carbons (Fsp3) is 0.647. The van der Waals surface area contributed by atoms with E-state index in [4.69, 9.17) is 4.74 Å². The van der Waals surface area contributed by atoms with E-state index in [1.54, 1.807) is 11.4 Å². The molecular formula is C17H28N2O3S. The Balaban J connectivity index is 2.06. The summed E-state index contributed by atoms with van der Waals surface area (Å²) in [4.78, 5) is 2.32. The Morgan fingerprint density at radius 2 is 1.87 bits per heavy atom. The highest BCUT2D eigenvalue weighted by Crippen LogP contribution is 2.21. The topological polar surface area (TPSA) is 49.9 Å². The second-order valence-electron chi connectivity index (χ2n) is 6.49. The normalized spacial score (nSPS) is 24.0. The first kappa shape index (κ1) is 18.4. The van der Waals surface area contributed by atoms with Gasteiger partial charge in [-0.15, -0.1) is 0 Å². The lowest BCUT2D eigenvalue weighted by Gasteiger charge is -2.43. The van der Waals surface area contributed by atoms with E-state index in [0.29, 0.717) is 19.7 Å². The molecule has 0 saturated carbocycles. The van der Waals surface area contributed by atoms with Crippen LogP contribution >= 0.6 is 0 Å². The van der Waals surface area contributed by atoms with Gasteiger partial charge in [0.2, 0.25) is 10.0 Å². The highest BCUT2D eigenvalue weighted by Gasteiger charge is 2.34. The number of hydrogen-bond acceptors (Lipinski definition) is 4. The predicted molar refractivity (Wildman–Crippen MR) is 92.9 cm³/mol. The van der Waals surface area contributed by atoms with Crippen molar-refractivity contribution >= 4 is 10.0 Å². The first-order valence-corrected chi connectivity index (χ1v) is 9.72. The van der Waals surface area contributed by atoms with Crippen LogP contribution in [-0.2, 0) is 20.5 Å². The molecule has 0 aliphatic carbocycles. The van der Waals surface area contributed by atoms with Crippen molar-refractivity contribution in [2.45, 2.75) is 38.6 Å². The molecule has 1 aliphatic heterocycles. The third-order valence-corrected chi connectivity index (χ3v) is 6.23. The van der Waals surface area contributed by atoms with Gasteiger partial charge in [-0.3, -0.25) is 4.90 Å². The van der Waals surface area contributed by atoms with Crippen LogP contribution in [0.15, 0.2) is 24.3 Å². The molecule has 2 rings (SSSR count). The summed E-state index contributed by atoms with van der Waals surface area (Å²) in [5, 5.41) is 0. The molecule has 0 spiro atoms. The number of piperazine rings is 1. The largest absolute Gasteiger partial charge is 0.383 e. The first-order chi connectivity index (χ1) is 10.8. The Kier molecular flexibility index (Phi) is 6.19. The van der Waals surface area contributed by atoms with Gasteiger partial charge in [-0.25, -0.2) is 8.42 Å². The predicted octanol–water partition coefficient (Wildman–Crippen LogP) is 1.87. The van der Waals surface area contributed by atoms with Crippen LogP contribution in [0.1, 0.15) is 25.0 Å². The maximum atomic E-state index is 12.8. The van der Waals surface area contributed by atoms with Gasteiger partial charge in [0.25, 0.3) is 0 Å². The van der Waals surface area contributed by atoms with Crippen molar-refractivity contribution < 1.29 is 13.2 Å². The zero-order valence-corrected chi connectivity index (χ0v) is 15.3. The molecule has 130 valence electrons. The van der Waals surface area contributed by atoms with Crippen LogP contribution in [-0.4, -0.2) is 63.1 Å². The molecule has 0 bridgehead atoms. The number of nitrogens with zero attached hydrogens (tertiary/aromatic N) is 2. The van der Waals surface area contributed by atoms with Gasteiger partial charge in [0.05, 0.1) is 12.4 Å². The Bertz CT molecular complexity index is 606. The smallest absolute Gasteiger partial charge is 0.218 e. The van der Waals surface area contributed by atoms with E-state index in [-0.39, 0.29) is 17.8 Å². The third kappa shape index (κ3) is 4.76. The highest BCUT2D eigenvalue weighted by atomic mass is 32.2. The minimum Gasteiger partial charge on any atom is -0.383 e. The van der Waals surface area contributed by atoms with Crippen LogP contribution < -0.4 is 0 Å². The van der Waals surface area contributed by atoms with E-state index in [2.05, 4.69) is 18.7 Å². The van der Waals surface area contributed by atoms with Crippen LogP contribution in [0.2, 0.25) is 0 Å². The zero-order valence-electron chi connectivity index (χ0n) is 14.5. The zero-order chi connectivity index (χ0) is 17.0. The van der Waals surface area contributed by atoms with Crippen LogP contribution in [0, 0.1) is 6.92 Å². The Hall–Kier alpha value is -0.950. The Morgan fingerprint density at radius 3 is 2.43 bits per heavy atom. The number of aryl methyl sites for hydroxylation is 1. The molecule has 0 amide bonds. The molecule has 1 heterocycles. The molecule has 5 nitrogen and oxygen atoms in total. The molecule has 0 aromatic heterocycles. The van der Waals surface area contributed by atoms with Crippen LogP contribution in [0.25, 0.3) is 0 Å². The van der Waals surface area contributed by atoms with Gasteiger partial charge in [-0.1, -0.05) is 29.8 Å². The Morgan fingerprint density at radius 1 is 1.22 bits per heavy atom. The van der Waals surface area contributed by atoms with Gasteiger partial charge in [0, 0.05) is 38.8 Å². The molecule has 2 unspecified atom stereocenters. The highest BCUT2D eigenvalue weighted by molar-refractivity contribution is 7.88. The summed E-state index contributed by atoms with van der Waals surface area (Å²) in [5.41, 5.74) is 1.94. The molecule has 1 fully saturated rings. The van der Waals surface area contributed by atoms with E-state index in [9.17, 15) is 8.42 Å². The summed E-state index contributed by atoms with van der Waals surface area (Å²) in [5.74, 6) is 0.0756. The number of benzene rings is 1. The molecule has 2 atom stereocenters. The third-order valence-electron chi connectivity index (χ3n) is 4.45. The van der Waals surface area contributed by atoms with Gasteiger partial charge in [0.1, 0.15) is 0 Å². The molecular weight excluding hydrogens is 312 g/mol. The van der Waals surface area contributed by atoms with Crippen LogP contribution in [0.4, 0.5) is 0 Å². The minimum absolute atomic E-state index is 0.0756. The van der Waals surface area contributed by atoms with Gasteiger partial charge in [0.15, 0.2) is 0 Å². The standard InChI is InChI=1S/C17H28N2O3S/c1-14-6-5-7-17(10-14)13-23(20,21)18-11-15(2)19(8-9-22-4)16(3)12-18/h5-7,10,15-16H,8-9,11-13H2,1-4H3. The SMILES string of the molecule is COCCN1C(C)CN(S(=O)(=O)Cc2cccc(C)c2)CC1C. The van der Waals surface area contributed by atoms with Crippen molar-refractivity contribution in [1.82, 2.24) is 9.21 Å². The summed E-state index contributed by atoms with van der Waals surface area (Å²) < 4.78 is 32.3. The summed E-state index contributed by atoms with van der Waals surface area (Å²) in [6.45, 7) is 8.75. The van der Waals surface area contributed by atoms with Crippen LogP contribution in [0.3, 0.4) is 0 Å². The summed E-state index contributed by atoms with van der Waals surface area (Å²) in [7, 11) is -1.60. The average molecular weight is 340 g/mol. The molecule has 0 radical (unpaired) electrons. The van der Waals surface area contributed by atoms with E-state index in [0.717, 1.165) is 17.7 Å². The lowest BCUT2D eigenvalue weighted by Crippen LogP contribution is -2.58. The van der Waals surface area contributed by atoms with Gasteiger partial charge in [-0.05, 0) is 26.3 Å². The number of rotatable bonds is 6. The van der Waals surface area contributed by atoms with E-state index in [1.807, 2.05) is 31.2 Å². The van der Waals surface area contributed by atoms with Gasteiger partial charge >= 0.3 is 0 Å². The molecule has 1 aromatic carbocycles. The van der Waals surface area contributed by atoms with Crippen molar-refractivity contribution in [3.63, 3.8) is 0 Å². The second kappa shape index (κ2) is 7.75. The van der Waals surface area contributed by atoms with E-state index >= 15 is 0 Å². The monoisotopic (exact) mass is 340 g/mol. The van der Waals surface area contributed by atoms with Crippen molar-refractivity contribution in [3.05, 3.63) is 35.4 Å². The lowest BCUT2D eigenvalue weighted by molar-refractivity contribution is 0.0495. The fourth-order valence-electron chi connectivity index (χ4n) is 3.28. The van der Waals surface area contributed by atoms with Gasteiger partial charge < -0.3 is 4.74 Å². The molecule has 0 N–H and O–H groups in total. The molecule has 1 aromatic rings. The molecule has 6 heteroatoms. The maximum Gasteiger partial charge on any atom is 0.218 e. The molecule has 1 saturated heterocycles. The summed E-state index contributed by atoms with van der Waals surface area (Å²) >= 11 is 0. The lowest BCUT2D eigenvalue weighted by atomic mass is 10.1. The minimum atomic E-state index is -3.29. The quantitative estimate of drug-likeness (QED) is 0.793. The van der Waals surface area contributed by atoms with Crippen molar-refractivity contribution in [2.24, 2.45) is 0 Å². The Labute approximate surface area is 140 Å². The number of ether oxygens (including phenoxy) is 1. The molecule has 1 aliphatic rings. The summed E-state index contributed by atoms with van der Waals surface area (Å²) in [6.07, 6.45) is 0. The van der Waals surface area contributed by atoms with Crippen molar-refractivity contribution in [3.8, 4) is 0 Å². The van der Waals surface area contributed by atoms with Crippen molar-refractivity contribution in [1.29, 1.82) is 0 Å². The number of hydrogen-bond donors (Lipinski definition) is 0. The van der Waals surface area contributed by atoms with Gasteiger partial charge in [-0.2, -0.15) is 4.31 Å². The number of sulfonamides is 1. The summed E-state index contributed by atoms with van der Waals surface area (Å²) in [6, 6.07) is 8.11. The average Bonchev–Trinajstić information content (AvgIpc) is 2.46. The van der Waals surface area contributed by atoms with Crippen LogP contribution in [0.5, 0.6) is 0 Å². The second-order valence-corrected chi connectivity index (χ2v) is 8.46. The number of methoxy groups -OCH3 is 1. The molecule has 23 heavy (non-hydrogen) atoms. The first-order valence-electron chi connectivity index (χ1n) is 8.11. The van der Waals surface area contributed by atoms with Crippen molar-refractivity contribution in [2.75, 3.05) is 33.4 Å². The van der Waals surface area contributed by atoms with E-state index in [1.165, 1.54) is 0 Å². The maximum absolute atomic E-state index is 12.8.